The molecule has 0 spiro atoms. The van der Waals surface area contributed by atoms with E-state index in [4.69, 9.17) is 11.6 Å². The van der Waals surface area contributed by atoms with Crippen molar-refractivity contribution in [1.82, 2.24) is 0 Å². The van der Waals surface area contributed by atoms with Gasteiger partial charge in [-0.25, -0.2) is 0 Å². The Morgan fingerprint density at radius 1 is 1.50 bits per heavy atom. The molecule has 10 heavy (non-hydrogen) atoms. The van der Waals surface area contributed by atoms with Gasteiger partial charge in [-0.3, -0.25) is 0 Å². The fourth-order valence-electron chi connectivity index (χ4n) is 1.73. The second-order valence-electron chi connectivity index (χ2n) is 3.08. The van der Waals surface area contributed by atoms with E-state index in [0.717, 1.165) is 11.1 Å². The van der Waals surface area contributed by atoms with Crippen molar-refractivity contribution >= 4 is 35.6 Å². The standard InChI is InChI=1S/C7H10BClS/c9-5-1-2-6-7(3-5)10-4-8-6/h4-7H,1-3H2. The molecule has 0 N–H and O–H groups in total. The molecule has 1 fully saturated rings. The van der Waals surface area contributed by atoms with Gasteiger partial charge in [-0.05, 0) is 0 Å². The van der Waals surface area contributed by atoms with E-state index in [0.29, 0.717) is 5.38 Å². The minimum atomic E-state index is 0.452. The van der Waals surface area contributed by atoms with Crippen LogP contribution in [0.4, 0.5) is 0 Å². The van der Waals surface area contributed by atoms with E-state index >= 15 is 0 Å². The average Bonchev–Trinajstić information content (AvgIpc) is 2.33. The molecule has 1 saturated carbocycles. The van der Waals surface area contributed by atoms with E-state index < -0.39 is 0 Å². The molecule has 0 saturated heterocycles. The van der Waals surface area contributed by atoms with Crippen molar-refractivity contribution < 1.29 is 0 Å². The Morgan fingerprint density at radius 3 is 3.30 bits per heavy atom. The van der Waals surface area contributed by atoms with Crippen LogP contribution in [0.3, 0.4) is 0 Å². The Bertz CT molecular complexity index is 160. The summed E-state index contributed by atoms with van der Waals surface area (Å²) in [5.74, 6) is 0.847. The van der Waals surface area contributed by atoms with Gasteiger partial charge in [0.1, 0.15) is 0 Å². The number of halogens is 1. The molecule has 0 radical (unpaired) electrons. The van der Waals surface area contributed by atoms with E-state index in [-0.39, 0.29) is 0 Å². The van der Waals surface area contributed by atoms with Crippen LogP contribution in [0.1, 0.15) is 19.3 Å². The number of rotatable bonds is 0. The normalized spacial score (nSPS) is 44.7. The van der Waals surface area contributed by atoms with Gasteiger partial charge in [-0.15, -0.1) is 0 Å². The molecule has 3 heteroatoms. The summed E-state index contributed by atoms with van der Waals surface area (Å²) in [5, 5.41) is 3.51. The molecule has 1 aliphatic carbocycles. The van der Waals surface area contributed by atoms with Crippen LogP contribution < -0.4 is 0 Å². The second-order valence-corrected chi connectivity index (χ2v) is 4.84. The molecule has 3 atom stereocenters. The molecule has 1 heterocycles. The first-order valence-corrected chi connectivity index (χ1v) is 5.20. The molecule has 2 rings (SSSR count). The van der Waals surface area contributed by atoms with Crippen molar-refractivity contribution in [3.05, 3.63) is 0 Å². The molecule has 3 unspecified atom stereocenters. The topological polar surface area (TPSA) is 0 Å². The van der Waals surface area contributed by atoms with Crippen LogP contribution in [0, 0.1) is 0 Å². The molecular weight excluding hydrogens is 162 g/mol. The molecule has 0 aromatic heterocycles. The zero-order valence-electron chi connectivity index (χ0n) is 5.79. The molecule has 0 amide bonds. The van der Waals surface area contributed by atoms with E-state index in [1.54, 1.807) is 0 Å². The summed E-state index contributed by atoms with van der Waals surface area (Å²) in [5.41, 5.74) is 0. The summed E-state index contributed by atoms with van der Waals surface area (Å²) >= 11 is 8.01. The third-order valence-electron chi connectivity index (χ3n) is 2.36. The van der Waals surface area contributed by atoms with Crippen LogP contribution in [0.15, 0.2) is 0 Å². The van der Waals surface area contributed by atoms with Crippen LogP contribution in [0.25, 0.3) is 0 Å². The SMILES string of the molecule is ClC1CCC2B=CSC2C1. The van der Waals surface area contributed by atoms with Crippen LogP contribution in [0.5, 0.6) is 0 Å². The minimum absolute atomic E-state index is 0.452. The second kappa shape index (κ2) is 2.90. The van der Waals surface area contributed by atoms with Gasteiger partial charge in [0.15, 0.2) is 0 Å². The first-order valence-electron chi connectivity index (χ1n) is 3.82. The van der Waals surface area contributed by atoms with E-state index in [1.165, 1.54) is 19.3 Å². The number of hydrogen-bond acceptors (Lipinski definition) is 1. The van der Waals surface area contributed by atoms with Crippen LogP contribution in [-0.4, -0.2) is 22.8 Å². The molecule has 0 bridgehead atoms. The van der Waals surface area contributed by atoms with Gasteiger partial charge in [-0.2, -0.15) is 0 Å². The number of thioether (sulfide) groups is 1. The summed E-state index contributed by atoms with van der Waals surface area (Å²) in [6.07, 6.45) is 3.74. The molecule has 54 valence electrons. The summed E-state index contributed by atoms with van der Waals surface area (Å²) in [6.45, 7) is 2.35. The van der Waals surface area contributed by atoms with Gasteiger partial charge in [0.2, 0.25) is 0 Å². The summed E-state index contributed by atoms with van der Waals surface area (Å²) < 4.78 is 0. The predicted molar refractivity (Wildman–Crippen MR) is 50.4 cm³/mol. The van der Waals surface area contributed by atoms with Crippen LogP contribution in [0.2, 0.25) is 5.82 Å². The van der Waals surface area contributed by atoms with Gasteiger partial charge in [0, 0.05) is 0 Å². The van der Waals surface area contributed by atoms with Crippen molar-refractivity contribution in [2.45, 2.75) is 35.7 Å². The zero-order chi connectivity index (χ0) is 6.97. The first kappa shape index (κ1) is 7.24. The fourth-order valence-corrected chi connectivity index (χ4v) is 3.42. The molecule has 1 aliphatic heterocycles. The Balaban J connectivity index is 2.01. The van der Waals surface area contributed by atoms with Gasteiger partial charge in [0.25, 0.3) is 0 Å². The van der Waals surface area contributed by atoms with Crippen LogP contribution >= 0.6 is 23.4 Å². The number of hydrogen-bond donors (Lipinski definition) is 0. The summed E-state index contributed by atoms with van der Waals surface area (Å²) in [7, 11) is 0. The quantitative estimate of drug-likeness (QED) is 0.399. The maximum absolute atomic E-state index is 6.04. The van der Waals surface area contributed by atoms with E-state index in [2.05, 4.69) is 12.2 Å². The number of alkyl halides is 1. The predicted octanol–water partition coefficient (Wildman–Crippen LogP) is 2.15. The maximum atomic E-state index is 6.04. The van der Waals surface area contributed by atoms with E-state index in [1.807, 2.05) is 11.8 Å². The molecule has 0 nitrogen and oxygen atoms in total. The molecule has 0 aromatic rings. The van der Waals surface area contributed by atoms with Gasteiger partial charge >= 0.3 is 71.3 Å². The first-order chi connectivity index (χ1) is 4.86. The van der Waals surface area contributed by atoms with Crippen molar-refractivity contribution in [3.63, 3.8) is 0 Å². The van der Waals surface area contributed by atoms with Crippen LogP contribution in [-0.2, 0) is 0 Å². The Labute approximate surface area is 71.6 Å². The number of fused-ring (bicyclic) bond motifs is 1. The van der Waals surface area contributed by atoms with Gasteiger partial charge in [-0.1, -0.05) is 0 Å². The van der Waals surface area contributed by atoms with Crippen molar-refractivity contribution in [1.29, 1.82) is 0 Å². The summed E-state index contributed by atoms with van der Waals surface area (Å²) in [6, 6.07) is 0. The van der Waals surface area contributed by atoms with Gasteiger partial charge in [0.05, 0.1) is 0 Å². The molecular formula is C7H10BClS. The van der Waals surface area contributed by atoms with Gasteiger partial charge < -0.3 is 0 Å². The fraction of sp³-hybridized carbons (Fsp3) is 0.857. The average molecular weight is 172 g/mol. The molecule has 0 aromatic carbocycles. The Kier molecular flexibility index (Phi) is 2.10. The van der Waals surface area contributed by atoms with Crippen molar-refractivity contribution in [2.75, 3.05) is 0 Å². The Morgan fingerprint density at radius 2 is 2.40 bits per heavy atom. The van der Waals surface area contributed by atoms with E-state index in [9.17, 15) is 0 Å². The van der Waals surface area contributed by atoms with Crippen molar-refractivity contribution in [2.24, 2.45) is 0 Å². The third-order valence-corrected chi connectivity index (χ3v) is 3.96. The van der Waals surface area contributed by atoms with Crippen molar-refractivity contribution in [3.8, 4) is 0 Å². The zero-order valence-corrected chi connectivity index (χ0v) is 7.37. The Hall–Kier alpha value is 0.575. The monoisotopic (exact) mass is 172 g/mol. The summed E-state index contributed by atoms with van der Waals surface area (Å²) in [4.78, 5) is 0. The third kappa shape index (κ3) is 1.28. The molecule has 2 aliphatic rings.